The number of amides is 1. The SMILES string of the molecule is COc1ccc2c(c1CNC(=O)OC(C)(C)C)Sc1c(ccc(OC)c1CC(=O)OCc1ccccc1)N2C. The molecule has 3 aromatic rings. The maximum Gasteiger partial charge on any atom is 0.407 e. The number of anilines is 2. The maximum absolute atomic E-state index is 12.9. The van der Waals surface area contributed by atoms with Crippen LogP contribution in [0.1, 0.15) is 37.5 Å². The number of benzene rings is 3. The largest absolute Gasteiger partial charge is 0.496 e. The highest BCUT2D eigenvalue weighted by Gasteiger charge is 2.30. The molecule has 4 rings (SSSR count). The number of rotatable bonds is 8. The number of carbonyl (C=O) groups excluding carboxylic acids is 2. The van der Waals surface area contributed by atoms with Crippen molar-refractivity contribution in [3.8, 4) is 11.5 Å². The summed E-state index contributed by atoms with van der Waals surface area (Å²) in [7, 11) is 5.16. The fourth-order valence-corrected chi connectivity index (χ4v) is 5.72. The van der Waals surface area contributed by atoms with Gasteiger partial charge in [0.1, 0.15) is 23.7 Å². The van der Waals surface area contributed by atoms with Gasteiger partial charge in [-0.3, -0.25) is 4.79 Å². The fourth-order valence-electron chi connectivity index (χ4n) is 4.31. The molecule has 3 aromatic carbocycles. The van der Waals surface area contributed by atoms with Gasteiger partial charge in [-0.2, -0.15) is 0 Å². The monoisotopic (exact) mass is 550 g/mol. The van der Waals surface area contributed by atoms with E-state index in [9.17, 15) is 9.59 Å². The van der Waals surface area contributed by atoms with E-state index in [1.54, 1.807) is 14.2 Å². The van der Waals surface area contributed by atoms with E-state index in [0.29, 0.717) is 11.5 Å². The maximum atomic E-state index is 12.9. The van der Waals surface area contributed by atoms with Crippen molar-refractivity contribution < 1.29 is 28.5 Å². The number of nitrogens with zero attached hydrogens (tertiary/aromatic N) is 1. The van der Waals surface area contributed by atoms with Gasteiger partial charge in [0.25, 0.3) is 0 Å². The van der Waals surface area contributed by atoms with Crippen LogP contribution in [0.2, 0.25) is 0 Å². The Labute approximate surface area is 233 Å². The van der Waals surface area contributed by atoms with Gasteiger partial charge in [0.2, 0.25) is 0 Å². The van der Waals surface area contributed by atoms with E-state index in [1.165, 1.54) is 11.8 Å². The van der Waals surface area contributed by atoms with Crippen LogP contribution in [0.3, 0.4) is 0 Å². The Morgan fingerprint density at radius 2 is 1.46 bits per heavy atom. The van der Waals surface area contributed by atoms with Crippen LogP contribution in [-0.2, 0) is 33.8 Å². The Morgan fingerprint density at radius 3 is 2.05 bits per heavy atom. The lowest BCUT2D eigenvalue weighted by molar-refractivity contribution is -0.144. The van der Waals surface area contributed by atoms with Crippen molar-refractivity contribution in [1.29, 1.82) is 0 Å². The number of nitrogens with one attached hydrogen (secondary N) is 1. The standard InChI is InChI=1S/C30H34N2O6S/c1-30(2,3)38-29(34)31-17-21-25(36-6)15-13-23-28(21)39-27-20(24(35-5)14-12-22(27)32(23)4)16-26(33)37-18-19-10-8-7-9-11-19/h7-15H,16-18H2,1-6H3,(H,31,34). The average Bonchev–Trinajstić information content (AvgIpc) is 2.90. The molecule has 0 radical (unpaired) electrons. The van der Waals surface area contributed by atoms with Gasteiger partial charge in [-0.25, -0.2) is 4.79 Å². The summed E-state index contributed by atoms with van der Waals surface area (Å²) >= 11 is 1.52. The molecule has 0 spiro atoms. The van der Waals surface area contributed by atoms with Crippen LogP contribution in [0.4, 0.5) is 16.2 Å². The second kappa shape index (κ2) is 11.9. The Morgan fingerprint density at radius 1 is 0.872 bits per heavy atom. The van der Waals surface area contributed by atoms with Gasteiger partial charge >= 0.3 is 12.1 Å². The molecule has 1 heterocycles. The zero-order valence-corrected chi connectivity index (χ0v) is 23.9. The molecule has 0 unspecified atom stereocenters. The van der Waals surface area contributed by atoms with E-state index in [1.807, 2.05) is 82.4 Å². The summed E-state index contributed by atoms with van der Waals surface area (Å²) in [6.45, 7) is 5.86. The van der Waals surface area contributed by atoms with Crippen LogP contribution in [-0.4, -0.2) is 38.9 Å². The van der Waals surface area contributed by atoms with Gasteiger partial charge in [-0.15, -0.1) is 0 Å². The molecular formula is C30H34N2O6S. The number of hydrogen-bond acceptors (Lipinski definition) is 8. The third-order valence-electron chi connectivity index (χ3n) is 6.13. The summed E-state index contributed by atoms with van der Waals surface area (Å²) in [6, 6.07) is 17.3. The minimum Gasteiger partial charge on any atom is -0.496 e. The van der Waals surface area contributed by atoms with Gasteiger partial charge in [0.05, 0.1) is 38.6 Å². The number of fused-ring (bicyclic) bond motifs is 2. The highest BCUT2D eigenvalue weighted by Crippen LogP contribution is 2.53. The summed E-state index contributed by atoms with van der Waals surface area (Å²) in [5, 5.41) is 2.85. The second-order valence-corrected chi connectivity index (χ2v) is 11.0. The van der Waals surface area contributed by atoms with Crippen molar-refractivity contribution in [2.24, 2.45) is 0 Å². The minimum atomic E-state index is -0.612. The van der Waals surface area contributed by atoms with E-state index in [0.717, 1.165) is 37.9 Å². The van der Waals surface area contributed by atoms with Crippen LogP contribution in [0, 0.1) is 0 Å². The summed E-state index contributed by atoms with van der Waals surface area (Å²) in [5.74, 6) is 0.893. The van der Waals surface area contributed by atoms with E-state index in [4.69, 9.17) is 18.9 Å². The first kappa shape index (κ1) is 28.2. The first-order chi connectivity index (χ1) is 18.6. The number of carbonyl (C=O) groups is 2. The van der Waals surface area contributed by atoms with Crippen LogP contribution < -0.4 is 19.7 Å². The first-order valence-electron chi connectivity index (χ1n) is 12.6. The molecule has 0 aromatic heterocycles. The predicted molar refractivity (Wildman–Crippen MR) is 151 cm³/mol. The molecule has 1 N–H and O–H groups in total. The smallest absolute Gasteiger partial charge is 0.407 e. The highest BCUT2D eigenvalue weighted by molar-refractivity contribution is 7.99. The van der Waals surface area contributed by atoms with Crippen molar-refractivity contribution in [2.45, 2.75) is 55.7 Å². The molecule has 9 heteroatoms. The molecule has 1 aliphatic heterocycles. The van der Waals surface area contributed by atoms with Crippen LogP contribution >= 0.6 is 11.8 Å². The van der Waals surface area contributed by atoms with Gasteiger partial charge in [-0.1, -0.05) is 42.1 Å². The lowest BCUT2D eigenvalue weighted by Crippen LogP contribution is -2.32. The lowest BCUT2D eigenvalue weighted by Gasteiger charge is -2.33. The molecule has 0 saturated carbocycles. The Kier molecular flexibility index (Phi) is 8.60. The summed E-state index contributed by atoms with van der Waals surface area (Å²) in [5.41, 5.74) is 3.75. The zero-order chi connectivity index (χ0) is 28.2. The number of ether oxygens (including phenoxy) is 4. The molecule has 0 bridgehead atoms. The summed E-state index contributed by atoms with van der Waals surface area (Å²) in [6.07, 6.45) is -0.467. The topological polar surface area (TPSA) is 86.3 Å². The van der Waals surface area contributed by atoms with E-state index in [-0.39, 0.29) is 25.5 Å². The van der Waals surface area contributed by atoms with Gasteiger partial charge in [0.15, 0.2) is 0 Å². The molecule has 0 atom stereocenters. The number of hydrogen-bond donors (Lipinski definition) is 1. The number of alkyl carbamates (subject to hydrolysis) is 1. The predicted octanol–water partition coefficient (Wildman–Crippen LogP) is 6.25. The van der Waals surface area contributed by atoms with E-state index >= 15 is 0 Å². The zero-order valence-electron chi connectivity index (χ0n) is 23.1. The number of methoxy groups -OCH3 is 2. The van der Waals surface area contributed by atoms with Crippen molar-refractivity contribution in [1.82, 2.24) is 5.32 Å². The van der Waals surface area contributed by atoms with Crippen molar-refractivity contribution >= 4 is 35.2 Å². The Bertz CT molecular complexity index is 1350. The Hall–Kier alpha value is -3.85. The molecule has 0 aliphatic carbocycles. The molecule has 39 heavy (non-hydrogen) atoms. The van der Waals surface area contributed by atoms with Gasteiger partial charge in [0, 0.05) is 28.0 Å². The molecule has 206 valence electrons. The molecule has 0 fully saturated rings. The van der Waals surface area contributed by atoms with E-state index in [2.05, 4.69) is 10.2 Å². The summed E-state index contributed by atoms with van der Waals surface area (Å²) in [4.78, 5) is 29.2. The van der Waals surface area contributed by atoms with Crippen LogP contribution in [0.25, 0.3) is 0 Å². The van der Waals surface area contributed by atoms with Gasteiger partial charge < -0.3 is 29.2 Å². The van der Waals surface area contributed by atoms with Crippen molar-refractivity contribution in [2.75, 3.05) is 26.2 Å². The van der Waals surface area contributed by atoms with E-state index < -0.39 is 11.7 Å². The average molecular weight is 551 g/mol. The lowest BCUT2D eigenvalue weighted by atomic mass is 10.1. The van der Waals surface area contributed by atoms with Crippen molar-refractivity contribution in [3.05, 3.63) is 71.3 Å². The fraction of sp³-hybridized carbons (Fsp3) is 0.333. The molecule has 1 amide bonds. The molecular weight excluding hydrogens is 516 g/mol. The quantitative estimate of drug-likeness (QED) is 0.330. The summed E-state index contributed by atoms with van der Waals surface area (Å²) < 4.78 is 22.3. The first-order valence-corrected chi connectivity index (χ1v) is 13.4. The molecule has 1 aliphatic rings. The third kappa shape index (κ3) is 6.60. The molecule has 0 saturated heterocycles. The minimum absolute atomic E-state index is 0.0464. The molecule has 8 nitrogen and oxygen atoms in total. The second-order valence-electron chi connectivity index (χ2n) is 10.0. The van der Waals surface area contributed by atoms with Crippen LogP contribution in [0.15, 0.2) is 64.4 Å². The van der Waals surface area contributed by atoms with Crippen molar-refractivity contribution in [3.63, 3.8) is 0 Å². The van der Waals surface area contributed by atoms with Crippen LogP contribution in [0.5, 0.6) is 11.5 Å². The van der Waals surface area contributed by atoms with Gasteiger partial charge in [-0.05, 0) is 50.6 Å². The normalized spacial score (nSPS) is 12.2. The number of esters is 1. The highest BCUT2D eigenvalue weighted by atomic mass is 32.2. The third-order valence-corrected chi connectivity index (χ3v) is 7.45. The Balaban J connectivity index is 1.65.